The first kappa shape index (κ1) is 10.4. The average molecular weight is 218 g/mol. The number of rotatable bonds is 3. The molecule has 0 aromatic heterocycles. The van der Waals surface area contributed by atoms with Crippen molar-refractivity contribution >= 4 is 35.3 Å². The topological polar surface area (TPSA) is 21.6 Å². The third-order valence-electron chi connectivity index (χ3n) is 1.35. The molecule has 0 aliphatic rings. The Hall–Kier alpha value is -0.730. The van der Waals surface area contributed by atoms with Gasteiger partial charge in [0.1, 0.15) is 0 Å². The lowest BCUT2D eigenvalue weighted by Crippen LogP contribution is -1.83. The molecule has 0 unspecified atom stereocenters. The average Bonchev–Trinajstić information content (AvgIpc) is 2.12. The van der Waals surface area contributed by atoms with Gasteiger partial charge in [-0.05, 0) is 25.1 Å². The van der Waals surface area contributed by atoms with Gasteiger partial charge in [0.2, 0.25) is 0 Å². The third-order valence-corrected chi connectivity index (χ3v) is 2.09. The van der Waals surface area contributed by atoms with Crippen molar-refractivity contribution in [3.8, 4) is 0 Å². The molecule has 0 fully saturated rings. The summed E-state index contributed by atoms with van der Waals surface area (Å²) in [5.74, 6) is 0. The van der Waals surface area contributed by atoms with Crippen molar-refractivity contribution in [3.05, 3.63) is 28.2 Å². The minimum atomic E-state index is 0.493. The van der Waals surface area contributed by atoms with Gasteiger partial charge in [-0.25, -0.2) is 4.99 Å². The normalized spacial score (nSPS) is 10.7. The predicted octanol–water partition coefficient (Wildman–Crippen LogP) is 3.69. The van der Waals surface area contributed by atoms with Crippen LogP contribution in [0.1, 0.15) is 6.92 Å². The summed E-state index contributed by atoms with van der Waals surface area (Å²) in [6, 6.07) is 5.14. The molecule has 0 bridgehead atoms. The zero-order chi connectivity index (χ0) is 9.68. The van der Waals surface area contributed by atoms with E-state index in [0.29, 0.717) is 16.7 Å². The van der Waals surface area contributed by atoms with E-state index < -0.39 is 0 Å². The second-order valence-electron chi connectivity index (χ2n) is 2.29. The van der Waals surface area contributed by atoms with Gasteiger partial charge in [0, 0.05) is 0 Å². The number of aliphatic imine (C=N–C) groups is 1. The van der Waals surface area contributed by atoms with Crippen molar-refractivity contribution in [1.82, 2.24) is 0 Å². The van der Waals surface area contributed by atoms with Crippen molar-refractivity contribution in [3.63, 3.8) is 0 Å². The van der Waals surface area contributed by atoms with E-state index in [1.807, 2.05) is 6.92 Å². The molecule has 0 atom stereocenters. The van der Waals surface area contributed by atoms with Gasteiger partial charge in [-0.1, -0.05) is 23.2 Å². The molecule has 0 saturated carbocycles. The van der Waals surface area contributed by atoms with Crippen molar-refractivity contribution in [2.45, 2.75) is 6.92 Å². The molecule has 0 amide bonds. The first-order valence-corrected chi connectivity index (χ1v) is 4.59. The number of halogens is 2. The summed E-state index contributed by atoms with van der Waals surface area (Å²) in [5, 5.41) is 1.02. The maximum atomic E-state index is 5.78. The third kappa shape index (κ3) is 3.25. The molecule has 0 N–H and O–H groups in total. The van der Waals surface area contributed by atoms with Crippen LogP contribution in [0, 0.1) is 0 Å². The second-order valence-corrected chi connectivity index (χ2v) is 3.10. The molecule has 1 aromatic carbocycles. The van der Waals surface area contributed by atoms with E-state index in [1.54, 1.807) is 18.2 Å². The van der Waals surface area contributed by atoms with Crippen LogP contribution in [-0.4, -0.2) is 13.0 Å². The molecule has 70 valence electrons. The highest BCUT2D eigenvalue weighted by Gasteiger charge is 1.96. The maximum absolute atomic E-state index is 5.78. The summed E-state index contributed by atoms with van der Waals surface area (Å²) < 4.78 is 4.94. The van der Waals surface area contributed by atoms with Gasteiger partial charge >= 0.3 is 0 Å². The highest BCUT2D eigenvalue weighted by atomic mass is 35.5. The quantitative estimate of drug-likeness (QED) is 0.560. The van der Waals surface area contributed by atoms with Gasteiger partial charge in [0.15, 0.2) is 6.40 Å². The largest absolute Gasteiger partial charge is 0.483 e. The molecule has 4 heteroatoms. The van der Waals surface area contributed by atoms with Crippen molar-refractivity contribution in [1.29, 1.82) is 0 Å². The van der Waals surface area contributed by atoms with Crippen LogP contribution in [0.15, 0.2) is 23.2 Å². The van der Waals surface area contributed by atoms with Crippen LogP contribution in [0.25, 0.3) is 0 Å². The van der Waals surface area contributed by atoms with Crippen molar-refractivity contribution in [2.75, 3.05) is 6.61 Å². The highest BCUT2D eigenvalue weighted by Crippen LogP contribution is 2.26. The summed E-state index contributed by atoms with van der Waals surface area (Å²) in [7, 11) is 0. The molecule has 2 nitrogen and oxygen atoms in total. The fourth-order valence-corrected chi connectivity index (χ4v) is 1.03. The number of hydrogen-bond acceptors (Lipinski definition) is 2. The Labute approximate surface area is 87.1 Å². The monoisotopic (exact) mass is 217 g/mol. The van der Waals surface area contributed by atoms with E-state index in [2.05, 4.69) is 4.99 Å². The number of hydrogen-bond donors (Lipinski definition) is 0. The zero-order valence-electron chi connectivity index (χ0n) is 7.13. The van der Waals surface area contributed by atoms with E-state index >= 15 is 0 Å². The van der Waals surface area contributed by atoms with E-state index in [0.717, 1.165) is 5.69 Å². The lowest BCUT2D eigenvalue weighted by atomic mass is 10.3. The molecule has 1 rings (SSSR count). The summed E-state index contributed by atoms with van der Waals surface area (Å²) >= 11 is 11.5. The lowest BCUT2D eigenvalue weighted by Gasteiger charge is -1.97. The summed E-state index contributed by atoms with van der Waals surface area (Å²) in [6.07, 6.45) is 1.39. The molecule has 0 aliphatic carbocycles. The van der Waals surface area contributed by atoms with Crippen LogP contribution in [0.2, 0.25) is 10.0 Å². The Morgan fingerprint density at radius 3 is 2.77 bits per heavy atom. The van der Waals surface area contributed by atoms with Crippen LogP contribution in [0.3, 0.4) is 0 Å². The first-order valence-electron chi connectivity index (χ1n) is 3.83. The molecule has 0 spiro atoms. The van der Waals surface area contributed by atoms with Gasteiger partial charge in [-0.2, -0.15) is 0 Å². The van der Waals surface area contributed by atoms with Gasteiger partial charge in [0.05, 0.1) is 22.3 Å². The van der Waals surface area contributed by atoms with Gasteiger partial charge in [-0.15, -0.1) is 0 Å². The molecule has 13 heavy (non-hydrogen) atoms. The standard InChI is InChI=1S/C9H9Cl2NO/c1-2-13-6-12-7-3-4-8(10)9(11)5-7/h3-6H,2H2,1H3/b12-6-. The molecule has 0 heterocycles. The Bertz CT molecular complexity index is 312. The zero-order valence-corrected chi connectivity index (χ0v) is 8.64. The molecular formula is C9H9Cl2NO. The SMILES string of the molecule is CCO/C=N\c1ccc(Cl)c(Cl)c1. The van der Waals surface area contributed by atoms with Gasteiger partial charge < -0.3 is 4.74 Å². The highest BCUT2D eigenvalue weighted by molar-refractivity contribution is 6.42. The smallest absolute Gasteiger partial charge is 0.174 e. The fraction of sp³-hybridized carbons (Fsp3) is 0.222. The Morgan fingerprint density at radius 2 is 2.15 bits per heavy atom. The number of benzene rings is 1. The van der Waals surface area contributed by atoms with Gasteiger partial charge in [0.25, 0.3) is 0 Å². The molecule has 0 radical (unpaired) electrons. The number of ether oxygens (including phenoxy) is 1. The van der Waals surface area contributed by atoms with Crippen LogP contribution in [0.5, 0.6) is 0 Å². The Balaban J connectivity index is 2.73. The molecule has 0 saturated heterocycles. The Morgan fingerprint density at radius 1 is 1.38 bits per heavy atom. The van der Waals surface area contributed by atoms with Crippen LogP contribution in [-0.2, 0) is 4.74 Å². The predicted molar refractivity (Wildman–Crippen MR) is 56.2 cm³/mol. The minimum Gasteiger partial charge on any atom is -0.483 e. The van der Waals surface area contributed by atoms with Gasteiger partial charge in [-0.3, -0.25) is 0 Å². The summed E-state index contributed by atoms with van der Waals surface area (Å²) in [5.41, 5.74) is 0.725. The number of nitrogens with zero attached hydrogens (tertiary/aromatic N) is 1. The van der Waals surface area contributed by atoms with E-state index in [-0.39, 0.29) is 0 Å². The Kier molecular flexibility index (Phi) is 4.06. The van der Waals surface area contributed by atoms with E-state index in [9.17, 15) is 0 Å². The lowest BCUT2D eigenvalue weighted by molar-refractivity contribution is 0.344. The van der Waals surface area contributed by atoms with Crippen molar-refractivity contribution in [2.24, 2.45) is 4.99 Å². The molecule has 1 aromatic rings. The first-order chi connectivity index (χ1) is 6.24. The summed E-state index contributed by atoms with van der Waals surface area (Å²) in [4.78, 5) is 4.01. The van der Waals surface area contributed by atoms with Crippen LogP contribution >= 0.6 is 23.2 Å². The summed E-state index contributed by atoms with van der Waals surface area (Å²) in [6.45, 7) is 2.49. The second kappa shape index (κ2) is 5.10. The molecule has 0 aliphatic heterocycles. The van der Waals surface area contributed by atoms with Crippen LogP contribution < -0.4 is 0 Å². The van der Waals surface area contributed by atoms with Crippen LogP contribution in [0.4, 0.5) is 5.69 Å². The van der Waals surface area contributed by atoms with E-state index in [1.165, 1.54) is 6.40 Å². The van der Waals surface area contributed by atoms with E-state index in [4.69, 9.17) is 27.9 Å². The molecular weight excluding hydrogens is 209 g/mol. The van der Waals surface area contributed by atoms with Crippen molar-refractivity contribution < 1.29 is 4.74 Å². The maximum Gasteiger partial charge on any atom is 0.174 e. The minimum absolute atomic E-state index is 0.493. The fourth-order valence-electron chi connectivity index (χ4n) is 0.738.